The van der Waals surface area contributed by atoms with Crippen LogP contribution < -0.4 is 11.2 Å². The molecule has 114 valence electrons. The summed E-state index contributed by atoms with van der Waals surface area (Å²) in [6, 6.07) is 1.12. The van der Waals surface area contributed by atoms with Gasteiger partial charge in [-0.25, -0.2) is 4.79 Å². The van der Waals surface area contributed by atoms with Crippen molar-refractivity contribution in [3.63, 3.8) is 0 Å². The molecule has 5 N–H and O–H groups in total. The van der Waals surface area contributed by atoms with Gasteiger partial charge in [0.25, 0.3) is 5.56 Å². The number of hydrogen-bond acceptors (Lipinski definition) is 7. The summed E-state index contributed by atoms with van der Waals surface area (Å²) in [6.07, 6.45) is -3.44. The highest BCUT2D eigenvalue weighted by Crippen LogP contribution is 2.27. The van der Waals surface area contributed by atoms with Crippen LogP contribution in [0.3, 0.4) is 0 Å². The van der Waals surface area contributed by atoms with Crippen molar-refractivity contribution in [2.75, 3.05) is 12.4 Å². The molecule has 1 heterocycles. The van der Waals surface area contributed by atoms with Crippen LogP contribution in [0.25, 0.3) is 0 Å². The van der Waals surface area contributed by atoms with Crippen LogP contribution in [0.1, 0.15) is 12.3 Å². The Morgan fingerprint density at radius 2 is 1.95 bits per heavy atom. The molecule has 0 spiro atoms. The summed E-state index contributed by atoms with van der Waals surface area (Å²) in [7, 11) is 0. The van der Waals surface area contributed by atoms with Crippen LogP contribution in [-0.4, -0.2) is 60.6 Å². The molecule has 0 unspecified atom stereocenters. The van der Waals surface area contributed by atoms with E-state index >= 15 is 0 Å². The van der Waals surface area contributed by atoms with Crippen molar-refractivity contribution in [3.05, 3.63) is 33.1 Å². The number of rotatable bonds is 7. The lowest BCUT2D eigenvalue weighted by atomic mass is 10.1. The average molecular weight is 306 g/mol. The number of nitrogens with one attached hydrogen (secondary N) is 1. The Kier molecular flexibility index (Phi) is 6.43. The lowest BCUT2D eigenvalue weighted by molar-refractivity contribution is -0.0821. The minimum Gasteiger partial charge on any atom is -0.394 e. The lowest BCUT2D eigenvalue weighted by Gasteiger charge is -2.29. The van der Waals surface area contributed by atoms with Gasteiger partial charge in [0.15, 0.2) is 0 Å². The summed E-state index contributed by atoms with van der Waals surface area (Å²) in [5, 5.41) is 37.0. The smallest absolute Gasteiger partial charge is 0.329 e. The molecule has 0 saturated heterocycles. The summed E-state index contributed by atoms with van der Waals surface area (Å²) in [4.78, 5) is 24.8. The zero-order valence-electron chi connectivity index (χ0n) is 10.8. The number of hydrogen-bond donors (Lipinski definition) is 5. The standard InChI is InChI=1S/C11H18N2O6S/c1-2-20-10(9(18)8(17)6(15)5-14)13-4-3-7(16)12-11(13)19/h3-4,6,8-10,14-15,17-18H,2,5H2,1H3,(H,12,16,19)/t6-,8-,9+,10+/m1/s1. The van der Waals surface area contributed by atoms with E-state index in [1.54, 1.807) is 6.92 Å². The van der Waals surface area contributed by atoms with E-state index in [-0.39, 0.29) is 0 Å². The van der Waals surface area contributed by atoms with Crippen LogP contribution in [0.15, 0.2) is 21.9 Å². The summed E-state index contributed by atoms with van der Waals surface area (Å²) >= 11 is 1.15. The van der Waals surface area contributed by atoms with Gasteiger partial charge in [-0.15, -0.1) is 11.8 Å². The second kappa shape index (κ2) is 7.60. The molecule has 0 saturated carbocycles. The molecule has 0 aliphatic carbocycles. The van der Waals surface area contributed by atoms with E-state index in [4.69, 9.17) is 5.11 Å². The highest BCUT2D eigenvalue weighted by atomic mass is 32.2. The number of aromatic nitrogens is 2. The largest absolute Gasteiger partial charge is 0.394 e. The fourth-order valence-electron chi connectivity index (χ4n) is 1.65. The van der Waals surface area contributed by atoms with Gasteiger partial charge in [0.1, 0.15) is 23.7 Å². The van der Waals surface area contributed by atoms with Gasteiger partial charge in [0.05, 0.1) is 6.61 Å². The van der Waals surface area contributed by atoms with Crippen molar-refractivity contribution < 1.29 is 20.4 Å². The fraction of sp³-hybridized carbons (Fsp3) is 0.636. The van der Waals surface area contributed by atoms with Crippen molar-refractivity contribution in [1.82, 2.24) is 9.55 Å². The molecule has 1 aromatic heterocycles. The van der Waals surface area contributed by atoms with Crippen molar-refractivity contribution in [3.8, 4) is 0 Å². The average Bonchev–Trinajstić information content (AvgIpc) is 2.43. The fourth-order valence-corrected chi connectivity index (χ4v) is 2.67. The SMILES string of the molecule is CCS[C@@H]([C@@H](O)[C@H](O)[C@H](O)CO)n1ccc(=O)[nH]c1=O. The second-order valence-electron chi connectivity index (χ2n) is 4.09. The van der Waals surface area contributed by atoms with Gasteiger partial charge in [-0.2, -0.15) is 0 Å². The molecule has 0 amide bonds. The third-order valence-corrected chi connectivity index (χ3v) is 3.87. The van der Waals surface area contributed by atoms with Crippen LogP contribution in [0.2, 0.25) is 0 Å². The maximum atomic E-state index is 11.7. The van der Waals surface area contributed by atoms with E-state index < -0.39 is 41.5 Å². The van der Waals surface area contributed by atoms with Gasteiger partial charge < -0.3 is 20.4 Å². The molecule has 1 aromatic rings. The monoisotopic (exact) mass is 306 g/mol. The normalized spacial score (nSPS) is 17.4. The van der Waals surface area contributed by atoms with E-state index in [2.05, 4.69) is 0 Å². The van der Waals surface area contributed by atoms with E-state index in [0.29, 0.717) is 5.75 Å². The summed E-state index contributed by atoms with van der Waals surface area (Å²) in [5.74, 6) is 0.523. The molecule has 4 atom stereocenters. The Labute approximate surface area is 118 Å². The predicted octanol–water partition coefficient (Wildman–Crippen LogP) is -2.14. The Hall–Kier alpha value is -1.13. The molecular weight excluding hydrogens is 288 g/mol. The van der Waals surface area contributed by atoms with Crippen LogP contribution in [0, 0.1) is 0 Å². The van der Waals surface area contributed by atoms with Gasteiger partial charge in [-0.05, 0) is 5.75 Å². The zero-order chi connectivity index (χ0) is 15.3. The van der Waals surface area contributed by atoms with Gasteiger partial charge in [0.2, 0.25) is 0 Å². The first-order valence-electron chi connectivity index (χ1n) is 6.00. The number of aromatic amines is 1. The molecule has 8 nitrogen and oxygen atoms in total. The van der Waals surface area contributed by atoms with Gasteiger partial charge in [-0.1, -0.05) is 6.92 Å². The Morgan fingerprint density at radius 1 is 1.30 bits per heavy atom. The Balaban J connectivity index is 3.10. The molecule has 1 rings (SSSR count). The number of aliphatic hydroxyl groups is 4. The minimum absolute atomic E-state index is 0.523. The summed E-state index contributed by atoms with van der Waals surface area (Å²) < 4.78 is 1.06. The van der Waals surface area contributed by atoms with Crippen molar-refractivity contribution in [1.29, 1.82) is 0 Å². The highest BCUT2D eigenvalue weighted by Gasteiger charge is 2.32. The summed E-state index contributed by atoms with van der Waals surface area (Å²) in [5.41, 5.74) is -1.30. The molecule has 0 radical (unpaired) electrons. The van der Waals surface area contributed by atoms with E-state index in [0.717, 1.165) is 22.4 Å². The molecular formula is C11H18N2O6S. The van der Waals surface area contributed by atoms with E-state index in [1.807, 2.05) is 4.98 Å². The molecule has 0 aliphatic heterocycles. The second-order valence-corrected chi connectivity index (χ2v) is 5.49. The Morgan fingerprint density at radius 3 is 2.45 bits per heavy atom. The molecule has 20 heavy (non-hydrogen) atoms. The number of nitrogens with zero attached hydrogens (tertiary/aromatic N) is 1. The number of thioether (sulfide) groups is 1. The van der Waals surface area contributed by atoms with Crippen LogP contribution in [0.4, 0.5) is 0 Å². The van der Waals surface area contributed by atoms with Crippen molar-refractivity contribution >= 4 is 11.8 Å². The molecule has 0 fully saturated rings. The van der Waals surface area contributed by atoms with E-state index in [1.165, 1.54) is 6.20 Å². The highest BCUT2D eigenvalue weighted by molar-refractivity contribution is 7.99. The maximum Gasteiger partial charge on any atom is 0.329 e. The maximum absolute atomic E-state index is 11.7. The Bertz CT molecular complexity index is 530. The summed E-state index contributed by atoms with van der Waals surface area (Å²) in [6.45, 7) is 1.07. The third kappa shape index (κ3) is 3.93. The molecule has 9 heteroatoms. The molecule has 0 aliphatic rings. The molecule has 0 aromatic carbocycles. The zero-order valence-corrected chi connectivity index (χ0v) is 11.7. The van der Waals surface area contributed by atoms with Gasteiger partial charge in [0, 0.05) is 12.3 Å². The van der Waals surface area contributed by atoms with Crippen molar-refractivity contribution in [2.45, 2.75) is 30.6 Å². The molecule has 0 bridgehead atoms. The van der Waals surface area contributed by atoms with E-state index in [9.17, 15) is 24.9 Å². The van der Waals surface area contributed by atoms with Crippen LogP contribution >= 0.6 is 11.8 Å². The first-order valence-corrected chi connectivity index (χ1v) is 7.05. The predicted molar refractivity (Wildman–Crippen MR) is 73.6 cm³/mol. The number of H-pyrrole nitrogens is 1. The minimum atomic E-state index is -1.62. The topological polar surface area (TPSA) is 136 Å². The lowest BCUT2D eigenvalue weighted by Crippen LogP contribution is -2.45. The quantitative estimate of drug-likeness (QED) is 0.388. The van der Waals surface area contributed by atoms with Crippen molar-refractivity contribution in [2.24, 2.45) is 0 Å². The van der Waals surface area contributed by atoms with Gasteiger partial charge in [-0.3, -0.25) is 14.3 Å². The van der Waals surface area contributed by atoms with Gasteiger partial charge >= 0.3 is 5.69 Å². The third-order valence-electron chi connectivity index (χ3n) is 2.69. The first-order chi connectivity index (χ1) is 9.42. The number of aliphatic hydroxyl groups excluding tert-OH is 4. The van der Waals surface area contributed by atoms with Crippen LogP contribution in [0.5, 0.6) is 0 Å². The van der Waals surface area contributed by atoms with Crippen LogP contribution in [-0.2, 0) is 0 Å². The first kappa shape index (κ1) is 16.9.